The van der Waals surface area contributed by atoms with E-state index in [1.807, 2.05) is 55.1 Å². The van der Waals surface area contributed by atoms with Gasteiger partial charge in [0.15, 0.2) is 0 Å². The van der Waals surface area contributed by atoms with Crippen molar-refractivity contribution in [2.24, 2.45) is 5.92 Å². The highest BCUT2D eigenvalue weighted by atomic mass is 16.3. The van der Waals surface area contributed by atoms with Crippen LogP contribution in [0.25, 0.3) is 0 Å². The molecule has 7 heteroatoms. The summed E-state index contributed by atoms with van der Waals surface area (Å²) < 4.78 is 5.32. The number of rotatable bonds is 7. The fourth-order valence-corrected chi connectivity index (χ4v) is 4.52. The number of benzene rings is 2. The lowest BCUT2D eigenvalue weighted by Gasteiger charge is -2.36. The van der Waals surface area contributed by atoms with E-state index in [1.54, 1.807) is 30.5 Å². The summed E-state index contributed by atoms with van der Waals surface area (Å²) in [6.45, 7) is 5.15. The molecule has 0 bridgehead atoms. The first kappa shape index (κ1) is 24.3. The van der Waals surface area contributed by atoms with Crippen LogP contribution in [0.15, 0.2) is 71.3 Å². The molecular formula is C28H31N3O4. The average Bonchev–Trinajstić information content (AvgIpc) is 3.39. The Morgan fingerprint density at radius 1 is 1.00 bits per heavy atom. The molecule has 1 aromatic heterocycles. The second kappa shape index (κ2) is 11.0. The zero-order valence-electron chi connectivity index (χ0n) is 20.1. The summed E-state index contributed by atoms with van der Waals surface area (Å²) in [5.74, 6) is 0.00236. The van der Waals surface area contributed by atoms with Crippen molar-refractivity contribution in [3.63, 3.8) is 0 Å². The van der Waals surface area contributed by atoms with Gasteiger partial charge in [0, 0.05) is 24.2 Å². The predicted molar refractivity (Wildman–Crippen MR) is 133 cm³/mol. The third kappa shape index (κ3) is 5.98. The van der Waals surface area contributed by atoms with Gasteiger partial charge in [0.1, 0.15) is 11.8 Å². The van der Waals surface area contributed by atoms with E-state index in [9.17, 15) is 14.4 Å². The third-order valence-electron chi connectivity index (χ3n) is 6.54. The molecule has 4 rings (SSSR count). The molecule has 1 aliphatic rings. The summed E-state index contributed by atoms with van der Waals surface area (Å²) in [6.07, 6.45) is 2.79. The number of piperidine rings is 1. The zero-order chi connectivity index (χ0) is 24.8. The van der Waals surface area contributed by atoms with Gasteiger partial charge in [0.25, 0.3) is 11.8 Å². The Labute approximate surface area is 205 Å². The van der Waals surface area contributed by atoms with Crippen molar-refractivity contribution in [2.75, 3.05) is 13.1 Å². The highest BCUT2D eigenvalue weighted by Crippen LogP contribution is 2.24. The molecule has 0 unspecified atom stereocenters. The topological polar surface area (TPSA) is 91.7 Å². The lowest BCUT2D eigenvalue weighted by molar-refractivity contribution is -0.124. The summed E-state index contributed by atoms with van der Waals surface area (Å²) in [5.41, 5.74) is 3.13. The van der Waals surface area contributed by atoms with Gasteiger partial charge >= 0.3 is 0 Å². The molecule has 0 saturated carbocycles. The minimum absolute atomic E-state index is 0.00386. The first-order valence-corrected chi connectivity index (χ1v) is 11.9. The number of amides is 3. The Balaban J connectivity index is 1.45. The summed E-state index contributed by atoms with van der Waals surface area (Å²) in [7, 11) is 0. The number of carbonyl (C=O) groups is 3. The zero-order valence-corrected chi connectivity index (χ0v) is 20.1. The molecule has 0 spiro atoms. The number of hydrogen-bond acceptors (Lipinski definition) is 4. The van der Waals surface area contributed by atoms with Crippen LogP contribution in [-0.2, 0) is 11.3 Å². The molecule has 35 heavy (non-hydrogen) atoms. The standard InChI is InChI=1S/C28H31N3O4/c1-19-7-5-9-22(17-19)26(32)30-25(27(33)29-18-23-10-6-16-35-23)21-12-14-31(15-13-21)28(34)24-11-4-3-8-20(24)2/h3-11,16-17,21,25H,12-15,18H2,1-2H3,(H,29,33)(H,30,32)/t25-/m0/s1. The number of aryl methyl sites for hydroxylation is 2. The molecule has 3 amide bonds. The minimum atomic E-state index is -0.714. The molecule has 1 fully saturated rings. The Kier molecular flexibility index (Phi) is 7.65. The number of hydrogen-bond donors (Lipinski definition) is 2. The fraction of sp³-hybridized carbons (Fsp3) is 0.321. The molecule has 182 valence electrons. The van der Waals surface area contributed by atoms with Crippen LogP contribution >= 0.6 is 0 Å². The van der Waals surface area contributed by atoms with Gasteiger partial charge in [-0.05, 0) is 68.5 Å². The van der Waals surface area contributed by atoms with Crippen LogP contribution in [-0.4, -0.2) is 41.8 Å². The highest BCUT2D eigenvalue weighted by molar-refractivity contribution is 5.98. The Morgan fingerprint density at radius 3 is 2.46 bits per heavy atom. The maximum atomic E-state index is 13.2. The second-order valence-corrected chi connectivity index (χ2v) is 9.06. The molecular weight excluding hydrogens is 442 g/mol. The van der Waals surface area contributed by atoms with Crippen molar-refractivity contribution in [2.45, 2.75) is 39.3 Å². The maximum Gasteiger partial charge on any atom is 0.254 e. The lowest BCUT2D eigenvalue weighted by Crippen LogP contribution is -2.53. The first-order chi connectivity index (χ1) is 16.9. The summed E-state index contributed by atoms with van der Waals surface area (Å²) >= 11 is 0. The lowest BCUT2D eigenvalue weighted by atomic mass is 9.88. The molecule has 2 heterocycles. The van der Waals surface area contributed by atoms with Crippen LogP contribution in [0.4, 0.5) is 0 Å². The fourth-order valence-electron chi connectivity index (χ4n) is 4.52. The van der Waals surface area contributed by atoms with Gasteiger partial charge in [-0.2, -0.15) is 0 Å². The van der Waals surface area contributed by atoms with Gasteiger partial charge in [0.2, 0.25) is 5.91 Å². The van der Waals surface area contributed by atoms with E-state index in [1.165, 1.54) is 0 Å². The van der Waals surface area contributed by atoms with Crippen molar-refractivity contribution in [3.8, 4) is 0 Å². The molecule has 0 aliphatic carbocycles. The molecule has 2 aromatic carbocycles. The molecule has 7 nitrogen and oxygen atoms in total. The van der Waals surface area contributed by atoms with E-state index in [0.29, 0.717) is 42.8 Å². The molecule has 1 atom stereocenters. The van der Waals surface area contributed by atoms with Gasteiger partial charge in [0.05, 0.1) is 12.8 Å². The number of carbonyl (C=O) groups excluding carboxylic acids is 3. The number of nitrogens with one attached hydrogen (secondary N) is 2. The average molecular weight is 474 g/mol. The van der Waals surface area contributed by atoms with Crippen molar-refractivity contribution in [1.29, 1.82) is 0 Å². The minimum Gasteiger partial charge on any atom is -0.467 e. The van der Waals surface area contributed by atoms with Crippen LogP contribution in [0.1, 0.15) is 50.4 Å². The first-order valence-electron chi connectivity index (χ1n) is 11.9. The predicted octanol–water partition coefficient (Wildman–Crippen LogP) is 3.86. The molecule has 3 aromatic rings. The second-order valence-electron chi connectivity index (χ2n) is 9.06. The van der Waals surface area contributed by atoms with E-state index in [-0.39, 0.29) is 30.2 Å². The largest absolute Gasteiger partial charge is 0.467 e. The van der Waals surface area contributed by atoms with E-state index in [2.05, 4.69) is 10.6 Å². The summed E-state index contributed by atoms with van der Waals surface area (Å²) in [5, 5.41) is 5.85. The molecule has 0 radical (unpaired) electrons. The third-order valence-corrected chi connectivity index (χ3v) is 6.54. The normalized spacial score (nSPS) is 14.9. The Morgan fingerprint density at radius 2 is 1.77 bits per heavy atom. The monoisotopic (exact) mass is 473 g/mol. The van der Waals surface area contributed by atoms with Crippen LogP contribution in [0, 0.1) is 19.8 Å². The van der Waals surface area contributed by atoms with Gasteiger partial charge in [-0.15, -0.1) is 0 Å². The van der Waals surface area contributed by atoms with Crippen LogP contribution in [0.2, 0.25) is 0 Å². The van der Waals surface area contributed by atoms with Crippen molar-refractivity contribution in [1.82, 2.24) is 15.5 Å². The molecule has 2 N–H and O–H groups in total. The SMILES string of the molecule is Cc1cccc(C(=O)N[C@H](C(=O)NCc2ccco2)C2CCN(C(=O)c3ccccc3C)CC2)c1. The van der Waals surface area contributed by atoms with Gasteiger partial charge in [-0.1, -0.05) is 35.9 Å². The van der Waals surface area contributed by atoms with Crippen molar-refractivity contribution in [3.05, 3.63) is 94.9 Å². The molecule has 1 saturated heterocycles. The summed E-state index contributed by atoms with van der Waals surface area (Å²) in [6, 6.07) is 17.7. The number of likely N-dealkylation sites (tertiary alicyclic amines) is 1. The van der Waals surface area contributed by atoms with Gasteiger partial charge in [-0.3, -0.25) is 14.4 Å². The van der Waals surface area contributed by atoms with E-state index < -0.39 is 6.04 Å². The number of nitrogens with zero attached hydrogens (tertiary/aromatic N) is 1. The van der Waals surface area contributed by atoms with E-state index >= 15 is 0 Å². The van der Waals surface area contributed by atoms with Gasteiger partial charge < -0.3 is 20.0 Å². The quantitative estimate of drug-likeness (QED) is 0.545. The highest BCUT2D eigenvalue weighted by Gasteiger charge is 2.34. The van der Waals surface area contributed by atoms with Gasteiger partial charge in [-0.25, -0.2) is 0 Å². The van der Waals surface area contributed by atoms with E-state index in [0.717, 1.165) is 11.1 Å². The number of furan rings is 1. The van der Waals surface area contributed by atoms with Crippen LogP contribution in [0.3, 0.4) is 0 Å². The Hall–Kier alpha value is -3.87. The Bertz CT molecular complexity index is 1180. The summed E-state index contributed by atoms with van der Waals surface area (Å²) in [4.78, 5) is 41.1. The smallest absolute Gasteiger partial charge is 0.254 e. The van der Waals surface area contributed by atoms with Crippen molar-refractivity contribution >= 4 is 17.7 Å². The maximum absolute atomic E-state index is 13.2. The van der Waals surface area contributed by atoms with Crippen LogP contribution in [0.5, 0.6) is 0 Å². The molecule has 1 aliphatic heterocycles. The van der Waals surface area contributed by atoms with Crippen LogP contribution < -0.4 is 10.6 Å². The van der Waals surface area contributed by atoms with E-state index in [4.69, 9.17) is 4.42 Å². The van der Waals surface area contributed by atoms with Crippen molar-refractivity contribution < 1.29 is 18.8 Å².